The molecule has 0 aliphatic carbocycles. The minimum Gasteiger partial charge on any atom is -0.494 e. The second-order valence-electron chi connectivity index (χ2n) is 8.72. The zero-order chi connectivity index (χ0) is 26.7. The van der Waals surface area contributed by atoms with Crippen molar-refractivity contribution >= 4 is 28.2 Å². The first-order chi connectivity index (χ1) is 17.0. The van der Waals surface area contributed by atoms with E-state index < -0.39 is 35.1 Å². The highest BCUT2D eigenvalue weighted by molar-refractivity contribution is 6.31. The highest BCUT2D eigenvalue weighted by atomic mass is 35.5. The van der Waals surface area contributed by atoms with Crippen LogP contribution in [0.15, 0.2) is 41.2 Å². The molecular weight excluding hydrogens is 500 g/mol. The number of pyridine rings is 1. The van der Waals surface area contributed by atoms with Crippen LogP contribution < -0.4 is 15.6 Å². The summed E-state index contributed by atoms with van der Waals surface area (Å²) in [7, 11) is 1.21. The number of fused-ring (bicyclic) bond motifs is 1. The smallest absolute Gasteiger partial charge is 0.419 e. The molecule has 0 fully saturated rings. The summed E-state index contributed by atoms with van der Waals surface area (Å²) in [5, 5.41) is 13.9. The van der Waals surface area contributed by atoms with Gasteiger partial charge in [-0.1, -0.05) is 50.8 Å². The van der Waals surface area contributed by atoms with Crippen molar-refractivity contribution in [2.45, 2.75) is 63.8 Å². The Morgan fingerprint density at radius 2 is 1.86 bits per heavy atom. The highest BCUT2D eigenvalue weighted by Crippen LogP contribution is 2.48. The monoisotopic (exact) mass is 528 g/mol. The van der Waals surface area contributed by atoms with Gasteiger partial charge in [-0.2, -0.15) is 13.2 Å². The van der Waals surface area contributed by atoms with Crippen LogP contribution in [0.4, 0.5) is 23.2 Å². The van der Waals surface area contributed by atoms with Crippen LogP contribution in [-0.2, 0) is 6.42 Å². The number of hydrogen-bond donors (Lipinski definition) is 3. The third kappa shape index (κ3) is 5.47. The molecule has 3 rings (SSSR count). The second kappa shape index (κ2) is 11.1. The molecule has 196 valence electrons. The van der Waals surface area contributed by atoms with Crippen LogP contribution in [0.25, 0.3) is 10.9 Å². The average Bonchev–Trinajstić information content (AvgIpc) is 2.83. The van der Waals surface area contributed by atoms with Crippen LogP contribution in [0.2, 0.25) is 5.02 Å². The molecule has 0 aliphatic rings. The summed E-state index contributed by atoms with van der Waals surface area (Å²) in [6.07, 6.45) is -3.99. The Bertz CT molecular complexity index is 1280. The van der Waals surface area contributed by atoms with Crippen LogP contribution in [-0.4, -0.2) is 29.0 Å². The lowest BCUT2D eigenvalue weighted by Gasteiger charge is -2.39. The Labute approximate surface area is 211 Å². The maximum atomic E-state index is 14.9. The van der Waals surface area contributed by atoms with Crippen LogP contribution in [0.1, 0.15) is 56.7 Å². The number of unbranched alkanes of at least 4 members (excludes halogenated alkanes) is 2. The van der Waals surface area contributed by atoms with Gasteiger partial charge in [0.15, 0.2) is 17.2 Å². The molecule has 0 bridgehead atoms. The number of methoxy groups -OCH3 is 1. The molecule has 10 heteroatoms. The van der Waals surface area contributed by atoms with E-state index in [0.717, 1.165) is 5.56 Å². The average molecular weight is 529 g/mol. The summed E-state index contributed by atoms with van der Waals surface area (Å²) in [6.45, 7) is 3.69. The normalized spacial score (nSPS) is 14.5. The minimum absolute atomic E-state index is 0.0873. The van der Waals surface area contributed by atoms with Crippen LogP contribution in [0.3, 0.4) is 0 Å². The molecule has 0 spiro atoms. The fourth-order valence-electron chi connectivity index (χ4n) is 4.28. The highest BCUT2D eigenvalue weighted by Gasteiger charge is 2.59. The second-order valence-corrected chi connectivity index (χ2v) is 9.10. The van der Waals surface area contributed by atoms with Crippen LogP contribution in [0.5, 0.6) is 5.75 Å². The van der Waals surface area contributed by atoms with E-state index in [1.54, 1.807) is 12.1 Å². The summed E-state index contributed by atoms with van der Waals surface area (Å²) in [5.74, 6) is -1.27. The largest absolute Gasteiger partial charge is 0.494 e. The number of anilines is 1. The minimum atomic E-state index is -5.08. The quantitative estimate of drug-likeness (QED) is 0.197. The maximum absolute atomic E-state index is 14.9. The number of ether oxygens (including phenoxy) is 1. The van der Waals surface area contributed by atoms with Crippen molar-refractivity contribution in [1.82, 2.24) is 4.98 Å². The first kappa shape index (κ1) is 27.8. The number of H-pyrrole nitrogens is 1. The molecule has 0 saturated heterocycles. The molecule has 1 heterocycles. The summed E-state index contributed by atoms with van der Waals surface area (Å²) in [4.78, 5) is 14.6. The van der Waals surface area contributed by atoms with Crippen molar-refractivity contribution in [3.8, 4) is 5.75 Å². The van der Waals surface area contributed by atoms with Crippen LogP contribution >= 0.6 is 11.6 Å². The van der Waals surface area contributed by atoms with Crippen molar-refractivity contribution in [3.05, 3.63) is 68.7 Å². The molecule has 1 aromatic heterocycles. The van der Waals surface area contributed by atoms with Gasteiger partial charge in [0.2, 0.25) is 5.56 Å². The molecular formula is C26H29ClF4N2O3. The molecule has 2 atom stereocenters. The van der Waals surface area contributed by atoms with E-state index in [4.69, 9.17) is 16.3 Å². The molecule has 0 radical (unpaired) electrons. The van der Waals surface area contributed by atoms with Gasteiger partial charge in [-0.25, -0.2) is 4.39 Å². The van der Waals surface area contributed by atoms with E-state index in [-0.39, 0.29) is 29.0 Å². The van der Waals surface area contributed by atoms with Gasteiger partial charge in [0.1, 0.15) is 0 Å². The number of aromatic nitrogens is 1. The van der Waals surface area contributed by atoms with Crippen molar-refractivity contribution in [2.24, 2.45) is 0 Å². The molecule has 2 unspecified atom stereocenters. The van der Waals surface area contributed by atoms with Gasteiger partial charge >= 0.3 is 6.18 Å². The fourth-order valence-corrected chi connectivity index (χ4v) is 4.55. The van der Waals surface area contributed by atoms with Crippen molar-refractivity contribution in [1.29, 1.82) is 0 Å². The lowest BCUT2D eigenvalue weighted by molar-refractivity contribution is -0.269. The van der Waals surface area contributed by atoms with E-state index >= 15 is 0 Å². The van der Waals surface area contributed by atoms with E-state index in [9.17, 15) is 27.5 Å². The van der Waals surface area contributed by atoms with Gasteiger partial charge in [0.05, 0.1) is 23.7 Å². The van der Waals surface area contributed by atoms with Gasteiger partial charge in [-0.3, -0.25) is 4.79 Å². The number of benzene rings is 2. The van der Waals surface area contributed by atoms with E-state index in [2.05, 4.69) is 10.3 Å². The molecule has 0 saturated carbocycles. The molecule has 0 aliphatic heterocycles. The number of aliphatic hydroxyl groups is 1. The summed E-state index contributed by atoms with van der Waals surface area (Å²) in [5.41, 5.74) is -2.55. The lowest BCUT2D eigenvalue weighted by atomic mass is 9.82. The van der Waals surface area contributed by atoms with Crippen molar-refractivity contribution in [2.75, 3.05) is 12.4 Å². The predicted molar refractivity (Wildman–Crippen MR) is 133 cm³/mol. The maximum Gasteiger partial charge on any atom is 0.419 e. The van der Waals surface area contributed by atoms with Crippen molar-refractivity contribution in [3.63, 3.8) is 0 Å². The Kier molecular flexibility index (Phi) is 8.56. The SMILES string of the molecule is CCCCCC(O)(C(Nc1cc(CC)cc2[nH]c(=O)ccc12)c1ccc(OC)c(F)c1Cl)C(F)(F)F. The number of hydrogen-bond acceptors (Lipinski definition) is 4. The Morgan fingerprint density at radius 1 is 1.14 bits per heavy atom. The Morgan fingerprint density at radius 3 is 2.47 bits per heavy atom. The zero-order valence-corrected chi connectivity index (χ0v) is 21.0. The molecule has 2 aromatic carbocycles. The van der Waals surface area contributed by atoms with Crippen molar-refractivity contribution < 1.29 is 27.4 Å². The number of nitrogens with one attached hydrogen (secondary N) is 2. The lowest BCUT2D eigenvalue weighted by Crippen LogP contribution is -2.52. The summed E-state index contributed by atoms with van der Waals surface area (Å²) < 4.78 is 63.5. The third-order valence-corrected chi connectivity index (χ3v) is 6.73. The number of rotatable bonds is 10. The zero-order valence-electron chi connectivity index (χ0n) is 20.2. The first-order valence-electron chi connectivity index (χ1n) is 11.7. The Hall–Kier alpha value is -2.78. The van der Waals surface area contributed by atoms with E-state index in [1.807, 2.05) is 13.8 Å². The predicted octanol–water partition coefficient (Wildman–Crippen LogP) is 6.92. The number of aryl methyl sites for hydroxylation is 1. The standard InChI is InChI=1S/C26H29ClF4N2O3/c1-4-6-7-12-25(35,26(29,30)31)24(17-8-10-20(36-3)23(28)22(17)27)33-19-14-15(5-2)13-18-16(19)9-11-21(34)32-18/h8-11,13-14,24,33,35H,4-7,12H2,1-3H3,(H,32,34). The van der Waals surface area contributed by atoms with Crippen LogP contribution in [0, 0.1) is 5.82 Å². The molecule has 3 aromatic rings. The van der Waals surface area contributed by atoms with Gasteiger partial charge < -0.3 is 20.1 Å². The number of alkyl halides is 3. The first-order valence-corrected chi connectivity index (χ1v) is 12.1. The Balaban J connectivity index is 2.28. The third-order valence-electron chi connectivity index (χ3n) is 6.34. The van der Waals surface area contributed by atoms with Gasteiger partial charge in [-0.15, -0.1) is 0 Å². The topological polar surface area (TPSA) is 74.4 Å². The molecule has 36 heavy (non-hydrogen) atoms. The molecule has 5 nitrogen and oxygen atoms in total. The number of aromatic amines is 1. The van der Waals surface area contributed by atoms with Gasteiger partial charge in [0.25, 0.3) is 0 Å². The number of halogens is 5. The van der Waals surface area contributed by atoms with Gasteiger partial charge in [-0.05, 0) is 48.2 Å². The fraction of sp³-hybridized carbons (Fsp3) is 0.423. The van der Waals surface area contributed by atoms with Gasteiger partial charge in [0, 0.05) is 17.1 Å². The van der Waals surface area contributed by atoms with E-state index in [0.29, 0.717) is 30.2 Å². The molecule has 3 N–H and O–H groups in total. The van der Waals surface area contributed by atoms with E-state index in [1.165, 1.54) is 31.4 Å². The molecule has 0 amide bonds. The summed E-state index contributed by atoms with van der Waals surface area (Å²) >= 11 is 6.23. The summed E-state index contributed by atoms with van der Waals surface area (Å²) in [6, 6.07) is 6.62.